The van der Waals surface area contributed by atoms with E-state index in [0.29, 0.717) is 11.4 Å². The molecular formula is C25H29F3N8O9S2. The van der Waals surface area contributed by atoms with E-state index < -0.39 is 80.5 Å². The van der Waals surface area contributed by atoms with Crippen molar-refractivity contribution in [3.05, 3.63) is 40.4 Å². The largest absolute Gasteiger partial charge is 0.489 e. The van der Waals surface area contributed by atoms with E-state index in [4.69, 9.17) is 25.6 Å². The van der Waals surface area contributed by atoms with Crippen LogP contribution in [0.15, 0.2) is 34.4 Å². The molecule has 2 fully saturated rings. The van der Waals surface area contributed by atoms with E-state index in [2.05, 4.69) is 20.4 Å². The Morgan fingerprint density at radius 1 is 1.26 bits per heavy atom. The molecule has 1 aromatic carbocycles. The van der Waals surface area contributed by atoms with Crippen molar-refractivity contribution in [1.29, 1.82) is 0 Å². The number of carbonyl (C=O) groups excluding carboxylic acids is 2. The summed E-state index contributed by atoms with van der Waals surface area (Å²) in [6, 6.07) is 3.23. The molecule has 2 amide bonds. The highest BCUT2D eigenvalue weighted by Gasteiger charge is 2.52. The zero-order valence-corrected chi connectivity index (χ0v) is 25.9. The number of oxime groups is 1. The fourth-order valence-corrected chi connectivity index (χ4v) is 6.14. The fourth-order valence-electron chi connectivity index (χ4n) is 4.56. The van der Waals surface area contributed by atoms with E-state index in [1.807, 2.05) is 5.32 Å². The molecule has 17 nitrogen and oxygen atoms in total. The number of amides is 2. The summed E-state index contributed by atoms with van der Waals surface area (Å²) in [5, 5.41) is 17.6. The number of nitrogen functional groups attached to an aromatic ring is 1. The van der Waals surface area contributed by atoms with Gasteiger partial charge in [0, 0.05) is 5.56 Å². The lowest BCUT2D eigenvalue weighted by Gasteiger charge is -2.42. The highest BCUT2D eigenvalue weighted by atomic mass is 32.2. The zero-order chi connectivity index (χ0) is 34.7. The number of carboxylic acid groups (broad SMARTS) is 1. The number of nitrogens with zero attached hydrogens (tertiary/aromatic N) is 4. The van der Waals surface area contributed by atoms with Crippen LogP contribution in [0, 0.1) is 0 Å². The molecule has 0 radical (unpaired) electrons. The molecule has 3 heterocycles. The quantitative estimate of drug-likeness (QED) is 0.0558. The number of aliphatic imine (C=N–C) groups is 1. The first-order valence-corrected chi connectivity index (χ1v) is 15.9. The summed E-state index contributed by atoms with van der Waals surface area (Å²) in [4.78, 5) is 48.7. The van der Waals surface area contributed by atoms with Gasteiger partial charge in [0.1, 0.15) is 34.8 Å². The van der Waals surface area contributed by atoms with Gasteiger partial charge in [-0.05, 0) is 57.1 Å². The lowest BCUT2D eigenvalue weighted by molar-refractivity contribution is -0.152. The van der Waals surface area contributed by atoms with Gasteiger partial charge in [-0.15, -0.1) is 0 Å². The number of halogens is 3. The summed E-state index contributed by atoms with van der Waals surface area (Å²) in [7, 11) is -4.99. The first kappa shape index (κ1) is 35.3. The molecule has 47 heavy (non-hydrogen) atoms. The van der Waals surface area contributed by atoms with E-state index in [1.165, 1.54) is 12.1 Å². The minimum atomic E-state index is -5.10. The first-order chi connectivity index (χ1) is 22.0. The number of piperidine rings is 1. The number of carbonyl (C=O) groups is 3. The van der Waals surface area contributed by atoms with Crippen molar-refractivity contribution < 1.29 is 55.2 Å². The predicted octanol–water partition coefficient (Wildman–Crippen LogP) is -0.0274. The number of nitrogens with two attached hydrogens (primary N) is 2. The molecule has 2 aliphatic rings. The number of alkyl halides is 3. The number of β-lactam (4-membered cyclic amide) rings is 1. The number of anilines is 1. The molecule has 22 heteroatoms. The van der Waals surface area contributed by atoms with Gasteiger partial charge in [-0.25, -0.2) is 14.1 Å². The van der Waals surface area contributed by atoms with E-state index in [-0.39, 0.29) is 27.4 Å². The smallest absolute Gasteiger partial charge is 0.427 e. The number of benzene rings is 1. The first-order valence-electron chi connectivity index (χ1n) is 13.7. The summed E-state index contributed by atoms with van der Waals surface area (Å²) in [5.41, 5.74) is 9.77. The number of amidine groups is 1. The van der Waals surface area contributed by atoms with Crippen LogP contribution in [0.2, 0.25) is 0 Å². The molecule has 8 N–H and O–H groups in total. The zero-order valence-electron chi connectivity index (χ0n) is 24.3. The number of rotatable bonds is 12. The van der Waals surface area contributed by atoms with Crippen LogP contribution >= 0.6 is 11.3 Å². The highest BCUT2D eigenvalue weighted by Crippen LogP contribution is 2.38. The Morgan fingerprint density at radius 3 is 2.45 bits per heavy atom. The van der Waals surface area contributed by atoms with Crippen molar-refractivity contribution >= 4 is 56.1 Å². The summed E-state index contributed by atoms with van der Waals surface area (Å²) in [6.07, 6.45) is -5.41. The number of aliphatic carboxylic acids is 1. The number of ether oxygens (including phenoxy) is 1. The van der Waals surface area contributed by atoms with Crippen molar-refractivity contribution in [3.63, 3.8) is 0 Å². The summed E-state index contributed by atoms with van der Waals surface area (Å²) < 4.78 is 78.7. The lowest BCUT2D eigenvalue weighted by Crippen LogP contribution is -2.71. The number of aromatic nitrogens is 1. The Bertz CT molecular complexity index is 1680. The van der Waals surface area contributed by atoms with Gasteiger partial charge in [0.25, 0.3) is 17.9 Å². The Hall–Kier alpha value is -4.54. The van der Waals surface area contributed by atoms with Crippen molar-refractivity contribution in [2.24, 2.45) is 15.9 Å². The normalized spacial score (nSPS) is 20.4. The van der Waals surface area contributed by atoms with Crippen LogP contribution in [0.5, 0.6) is 5.75 Å². The summed E-state index contributed by atoms with van der Waals surface area (Å²) >= 11 is -0.0522. The molecule has 3 atom stereocenters. The molecule has 1 aromatic heterocycles. The van der Waals surface area contributed by atoms with Crippen LogP contribution in [-0.4, -0.2) is 101 Å². The molecule has 0 saturated carbocycles. The maximum atomic E-state index is 13.8. The third kappa shape index (κ3) is 8.44. The monoisotopic (exact) mass is 706 g/mol. The molecule has 0 aliphatic carbocycles. The van der Waals surface area contributed by atoms with E-state index in [9.17, 15) is 41.1 Å². The molecule has 0 unspecified atom stereocenters. The second-order valence-electron chi connectivity index (χ2n) is 10.2. The minimum Gasteiger partial charge on any atom is -0.489 e. The topological polar surface area (TPSA) is 261 Å². The molecule has 2 aliphatic heterocycles. The molecule has 2 saturated heterocycles. The van der Waals surface area contributed by atoms with Crippen LogP contribution in [-0.2, 0) is 35.7 Å². The van der Waals surface area contributed by atoms with Gasteiger partial charge < -0.3 is 36.8 Å². The SMILES string of the molecule is C[C@@H]1[C@H](NC(=O)/C(=N\O[C@@H](COc2ccc(C(N)=NC3CCNCC3)cc2)C(=O)O)c2nc(N)sc2C(F)(F)F)C(=O)N1S(=O)(=O)O. The number of nitrogens with one attached hydrogen (secondary N) is 2. The summed E-state index contributed by atoms with van der Waals surface area (Å²) in [5.74, 6) is -4.04. The van der Waals surface area contributed by atoms with Crippen molar-refractivity contribution in [3.8, 4) is 5.75 Å². The van der Waals surface area contributed by atoms with Crippen LogP contribution < -0.4 is 26.8 Å². The Labute approximate surface area is 268 Å². The average Bonchev–Trinajstić information content (AvgIpc) is 3.39. The van der Waals surface area contributed by atoms with Gasteiger partial charge in [0.05, 0.1) is 12.1 Å². The fraction of sp³-hybridized carbons (Fsp3) is 0.440. The van der Waals surface area contributed by atoms with Crippen LogP contribution in [0.1, 0.15) is 35.9 Å². The molecule has 256 valence electrons. The number of hydrogen-bond donors (Lipinski definition) is 6. The van der Waals surface area contributed by atoms with Gasteiger partial charge in [-0.3, -0.25) is 19.1 Å². The number of hydrogen-bond acceptors (Lipinski definition) is 13. The van der Waals surface area contributed by atoms with Crippen LogP contribution in [0.4, 0.5) is 18.3 Å². The van der Waals surface area contributed by atoms with Crippen molar-refractivity contribution in [2.75, 3.05) is 25.4 Å². The Morgan fingerprint density at radius 2 is 1.89 bits per heavy atom. The molecule has 0 spiro atoms. The molecule has 2 aromatic rings. The van der Waals surface area contributed by atoms with Gasteiger partial charge in [0.2, 0.25) is 0 Å². The van der Waals surface area contributed by atoms with Crippen LogP contribution in [0.25, 0.3) is 0 Å². The van der Waals surface area contributed by atoms with Crippen molar-refractivity contribution in [2.45, 2.75) is 50.2 Å². The Balaban J connectivity index is 1.52. The van der Waals surface area contributed by atoms with Crippen molar-refractivity contribution in [1.82, 2.24) is 19.9 Å². The van der Waals surface area contributed by atoms with Gasteiger partial charge in [-0.2, -0.15) is 21.6 Å². The second kappa shape index (κ2) is 14.1. The van der Waals surface area contributed by atoms with Gasteiger partial charge in [0.15, 0.2) is 10.8 Å². The highest BCUT2D eigenvalue weighted by molar-refractivity contribution is 7.84. The molecular weight excluding hydrogens is 677 g/mol. The van der Waals surface area contributed by atoms with Crippen LogP contribution in [0.3, 0.4) is 0 Å². The number of thiazole rings is 1. The lowest BCUT2D eigenvalue weighted by atomic mass is 10.0. The standard InChI is InChI=1S/C25H29F3N8O9S2/c1-11-16(22(38)36(11)47(41,42)43)33-21(37)18(17-19(25(26,27)28)46-24(30)34-17)35-45-15(23(39)40)10-44-14-4-2-12(3-5-14)20(29)32-13-6-8-31-9-7-13/h2-5,11,13,15-16,31H,6-10H2,1H3,(H2,29,32)(H2,30,34)(H,33,37)(H,39,40)(H,41,42,43)/b35-18-/t11-,15+,16+/m1/s1. The second-order valence-corrected chi connectivity index (χ2v) is 12.6. The molecule has 4 rings (SSSR count). The van der Waals surface area contributed by atoms with Gasteiger partial charge >= 0.3 is 22.4 Å². The maximum Gasteiger partial charge on any atom is 0.427 e. The van der Waals surface area contributed by atoms with E-state index >= 15 is 0 Å². The van der Waals surface area contributed by atoms with E-state index in [0.717, 1.165) is 32.9 Å². The molecule has 0 bridgehead atoms. The predicted molar refractivity (Wildman–Crippen MR) is 159 cm³/mol. The third-order valence-corrected chi connectivity index (χ3v) is 8.88. The number of carboxylic acids is 1. The van der Waals surface area contributed by atoms with E-state index in [1.54, 1.807) is 12.1 Å². The summed E-state index contributed by atoms with van der Waals surface area (Å²) in [6.45, 7) is 2.04. The average molecular weight is 707 g/mol. The van der Waals surface area contributed by atoms with Gasteiger partial charge in [-0.1, -0.05) is 16.5 Å². The maximum absolute atomic E-state index is 13.8. The minimum absolute atomic E-state index is 0.0349. The Kier molecular flexibility index (Phi) is 10.6. The third-order valence-electron chi connectivity index (χ3n) is 6.94.